The maximum atomic E-state index is 13.3. The first-order valence-corrected chi connectivity index (χ1v) is 6.46. The molecular formula is C13H20BrFN2. The molecule has 96 valence electrons. The minimum Gasteiger partial charge on any atom is -0.330 e. The first kappa shape index (κ1) is 14.6. The molecule has 0 radical (unpaired) electrons. The van der Waals surface area contributed by atoms with Gasteiger partial charge in [0.05, 0.1) is 4.47 Å². The molecule has 0 heterocycles. The van der Waals surface area contributed by atoms with E-state index in [9.17, 15) is 4.39 Å². The van der Waals surface area contributed by atoms with Gasteiger partial charge in [-0.3, -0.25) is 0 Å². The fraction of sp³-hybridized carbons (Fsp3) is 0.538. The molecule has 0 fully saturated rings. The van der Waals surface area contributed by atoms with Crippen LogP contribution in [0.5, 0.6) is 0 Å². The van der Waals surface area contributed by atoms with Crippen molar-refractivity contribution in [3.05, 3.63) is 34.1 Å². The number of nitrogens with zero attached hydrogens (tertiary/aromatic N) is 1. The fourth-order valence-corrected chi connectivity index (χ4v) is 2.05. The van der Waals surface area contributed by atoms with Gasteiger partial charge in [0, 0.05) is 13.1 Å². The zero-order chi connectivity index (χ0) is 13.1. The highest BCUT2D eigenvalue weighted by Crippen LogP contribution is 2.19. The second-order valence-corrected chi connectivity index (χ2v) is 6.14. The minimum atomic E-state index is -0.214. The second-order valence-electron chi connectivity index (χ2n) is 5.29. The van der Waals surface area contributed by atoms with Crippen molar-refractivity contribution < 1.29 is 4.39 Å². The predicted molar refractivity (Wildman–Crippen MR) is 73.3 cm³/mol. The van der Waals surface area contributed by atoms with Crippen LogP contribution in [0.4, 0.5) is 4.39 Å². The monoisotopic (exact) mass is 302 g/mol. The number of hydrogen-bond acceptors (Lipinski definition) is 2. The summed E-state index contributed by atoms with van der Waals surface area (Å²) >= 11 is 3.15. The van der Waals surface area contributed by atoms with Crippen LogP contribution in [0.15, 0.2) is 22.7 Å². The van der Waals surface area contributed by atoms with Gasteiger partial charge in [-0.25, -0.2) is 4.39 Å². The summed E-state index contributed by atoms with van der Waals surface area (Å²) in [7, 11) is 2.03. The van der Waals surface area contributed by atoms with Crippen LogP contribution in [-0.2, 0) is 6.54 Å². The van der Waals surface area contributed by atoms with Crippen molar-refractivity contribution in [1.29, 1.82) is 0 Å². The molecular weight excluding hydrogens is 283 g/mol. The van der Waals surface area contributed by atoms with Gasteiger partial charge in [-0.15, -0.1) is 0 Å². The SMILES string of the molecule is CN(Cc1ccc(Br)c(F)c1)CC(C)(C)CN. The Morgan fingerprint density at radius 2 is 2.06 bits per heavy atom. The fourth-order valence-electron chi connectivity index (χ4n) is 1.80. The molecule has 4 heteroatoms. The third kappa shape index (κ3) is 4.74. The molecule has 0 aliphatic heterocycles. The molecule has 1 rings (SSSR count). The molecule has 2 nitrogen and oxygen atoms in total. The van der Waals surface area contributed by atoms with E-state index < -0.39 is 0 Å². The zero-order valence-electron chi connectivity index (χ0n) is 10.6. The summed E-state index contributed by atoms with van der Waals surface area (Å²) in [4.78, 5) is 2.16. The normalized spacial score (nSPS) is 12.2. The highest BCUT2D eigenvalue weighted by atomic mass is 79.9. The van der Waals surface area contributed by atoms with Gasteiger partial charge in [0.1, 0.15) is 5.82 Å². The van der Waals surface area contributed by atoms with Gasteiger partial charge in [-0.05, 0) is 52.6 Å². The van der Waals surface area contributed by atoms with Crippen LogP contribution in [0.1, 0.15) is 19.4 Å². The van der Waals surface area contributed by atoms with Gasteiger partial charge in [-0.2, -0.15) is 0 Å². The van der Waals surface area contributed by atoms with E-state index in [4.69, 9.17) is 5.73 Å². The quantitative estimate of drug-likeness (QED) is 0.906. The Balaban J connectivity index is 2.62. The van der Waals surface area contributed by atoms with Crippen LogP contribution in [-0.4, -0.2) is 25.0 Å². The lowest BCUT2D eigenvalue weighted by Crippen LogP contribution is -2.36. The molecule has 0 saturated heterocycles. The molecule has 17 heavy (non-hydrogen) atoms. The summed E-state index contributed by atoms with van der Waals surface area (Å²) in [5.41, 5.74) is 6.76. The smallest absolute Gasteiger partial charge is 0.137 e. The van der Waals surface area contributed by atoms with Crippen molar-refractivity contribution >= 4 is 15.9 Å². The molecule has 2 N–H and O–H groups in total. The van der Waals surface area contributed by atoms with Crippen molar-refractivity contribution in [3.8, 4) is 0 Å². The molecule has 1 aromatic rings. The lowest BCUT2D eigenvalue weighted by molar-refractivity contribution is 0.209. The van der Waals surface area contributed by atoms with Crippen LogP contribution in [0, 0.1) is 11.2 Å². The van der Waals surface area contributed by atoms with Crippen LogP contribution in [0.2, 0.25) is 0 Å². The van der Waals surface area contributed by atoms with Gasteiger partial charge in [0.2, 0.25) is 0 Å². The van der Waals surface area contributed by atoms with E-state index >= 15 is 0 Å². The van der Waals surface area contributed by atoms with Crippen molar-refractivity contribution in [2.45, 2.75) is 20.4 Å². The molecule has 0 aromatic heterocycles. The van der Waals surface area contributed by atoms with E-state index in [1.165, 1.54) is 0 Å². The molecule has 0 saturated carbocycles. The summed E-state index contributed by atoms with van der Waals surface area (Å²) in [6, 6.07) is 5.24. The zero-order valence-corrected chi connectivity index (χ0v) is 12.2. The molecule has 0 atom stereocenters. The molecule has 0 unspecified atom stereocenters. The Morgan fingerprint density at radius 3 is 2.59 bits per heavy atom. The first-order chi connectivity index (χ1) is 7.84. The van der Waals surface area contributed by atoms with Crippen molar-refractivity contribution in [3.63, 3.8) is 0 Å². The average molecular weight is 303 g/mol. The van der Waals surface area contributed by atoms with Gasteiger partial charge in [0.25, 0.3) is 0 Å². The van der Waals surface area contributed by atoms with E-state index in [0.29, 0.717) is 11.0 Å². The summed E-state index contributed by atoms with van der Waals surface area (Å²) in [6.45, 7) is 6.53. The number of benzene rings is 1. The number of nitrogens with two attached hydrogens (primary N) is 1. The molecule has 0 amide bonds. The third-order valence-corrected chi connectivity index (χ3v) is 3.33. The van der Waals surface area contributed by atoms with E-state index in [2.05, 4.69) is 34.7 Å². The third-order valence-electron chi connectivity index (χ3n) is 2.69. The highest BCUT2D eigenvalue weighted by Gasteiger charge is 2.18. The van der Waals surface area contributed by atoms with Gasteiger partial charge in [0.15, 0.2) is 0 Å². The van der Waals surface area contributed by atoms with Crippen LogP contribution < -0.4 is 5.73 Å². The Labute approximate surface area is 111 Å². The van der Waals surface area contributed by atoms with Gasteiger partial charge in [-0.1, -0.05) is 19.9 Å². The largest absolute Gasteiger partial charge is 0.330 e. The van der Waals surface area contributed by atoms with Crippen molar-refractivity contribution in [1.82, 2.24) is 4.90 Å². The van der Waals surface area contributed by atoms with E-state index in [1.54, 1.807) is 12.1 Å². The Kier molecular flexibility index (Phi) is 5.10. The number of hydrogen-bond donors (Lipinski definition) is 1. The van der Waals surface area contributed by atoms with E-state index in [1.807, 2.05) is 13.1 Å². The summed E-state index contributed by atoms with van der Waals surface area (Å²) < 4.78 is 13.9. The van der Waals surface area contributed by atoms with Crippen molar-refractivity contribution in [2.75, 3.05) is 20.1 Å². The molecule has 0 bridgehead atoms. The summed E-state index contributed by atoms with van der Waals surface area (Å²) in [5.74, 6) is -0.214. The highest BCUT2D eigenvalue weighted by molar-refractivity contribution is 9.10. The second kappa shape index (κ2) is 5.94. The van der Waals surface area contributed by atoms with Crippen molar-refractivity contribution in [2.24, 2.45) is 11.1 Å². The lowest BCUT2D eigenvalue weighted by Gasteiger charge is -2.29. The topological polar surface area (TPSA) is 29.3 Å². The van der Waals surface area contributed by atoms with Crippen LogP contribution in [0.3, 0.4) is 0 Å². The number of rotatable bonds is 5. The Hall–Kier alpha value is -0.450. The standard InChI is InChI=1S/C13H20BrFN2/c1-13(2,8-16)9-17(3)7-10-4-5-11(14)12(15)6-10/h4-6H,7-9,16H2,1-3H3. The van der Waals surface area contributed by atoms with Crippen LogP contribution in [0.25, 0.3) is 0 Å². The Bertz CT molecular complexity index is 380. The number of halogens is 2. The summed E-state index contributed by atoms with van der Waals surface area (Å²) in [6.07, 6.45) is 0. The molecule has 1 aromatic carbocycles. The van der Waals surface area contributed by atoms with Gasteiger partial charge < -0.3 is 10.6 Å². The van der Waals surface area contributed by atoms with Crippen LogP contribution >= 0.6 is 15.9 Å². The minimum absolute atomic E-state index is 0.0860. The molecule has 0 spiro atoms. The molecule has 0 aliphatic carbocycles. The maximum absolute atomic E-state index is 13.3. The Morgan fingerprint density at radius 1 is 1.41 bits per heavy atom. The first-order valence-electron chi connectivity index (χ1n) is 5.66. The summed E-state index contributed by atoms with van der Waals surface area (Å²) in [5, 5.41) is 0. The molecule has 0 aliphatic rings. The average Bonchev–Trinajstić information content (AvgIpc) is 2.23. The van der Waals surface area contributed by atoms with Gasteiger partial charge >= 0.3 is 0 Å². The van der Waals surface area contributed by atoms with E-state index in [0.717, 1.165) is 18.7 Å². The predicted octanol–water partition coefficient (Wildman–Crippen LogP) is 3.00. The van der Waals surface area contributed by atoms with E-state index in [-0.39, 0.29) is 11.2 Å². The lowest BCUT2D eigenvalue weighted by atomic mass is 9.93. The maximum Gasteiger partial charge on any atom is 0.137 e.